The number of aromatic nitrogens is 5. The molecule has 0 aliphatic heterocycles. The number of ether oxygens (including phenoxy) is 1. The molecule has 0 radical (unpaired) electrons. The molecule has 110 valence electrons. The van der Waals surface area contributed by atoms with E-state index in [0.29, 0.717) is 11.5 Å². The van der Waals surface area contributed by atoms with E-state index in [2.05, 4.69) is 15.1 Å². The number of alkyl halides is 1. The highest BCUT2D eigenvalue weighted by Crippen LogP contribution is 2.29. The van der Waals surface area contributed by atoms with Crippen molar-refractivity contribution in [2.45, 2.75) is 19.2 Å². The maximum atomic E-state index is 6.29. The topological polar surface area (TPSA) is 57.8 Å². The van der Waals surface area contributed by atoms with E-state index in [1.165, 1.54) is 0 Å². The van der Waals surface area contributed by atoms with Gasteiger partial charge in [-0.2, -0.15) is 10.1 Å². The van der Waals surface area contributed by atoms with Crippen molar-refractivity contribution in [3.63, 3.8) is 0 Å². The molecule has 3 rings (SSSR count). The van der Waals surface area contributed by atoms with Gasteiger partial charge in [0, 0.05) is 19.3 Å². The summed E-state index contributed by atoms with van der Waals surface area (Å²) in [4.78, 5) is 9.10. The van der Waals surface area contributed by atoms with Crippen LogP contribution >= 0.6 is 11.6 Å². The van der Waals surface area contributed by atoms with Gasteiger partial charge in [-0.1, -0.05) is 0 Å². The first kappa shape index (κ1) is 13.9. The summed E-state index contributed by atoms with van der Waals surface area (Å²) in [5.74, 6) is 1.28. The summed E-state index contributed by atoms with van der Waals surface area (Å²) in [5.41, 5.74) is 3.30. The van der Waals surface area contributed by atoms with E-state index < -0.39 is 0 Å². The molecule has 3 heterocycles. The van der Waals surface area contributed by atoms with Crippen LogP contribution in [0, 0.1) is 6.92 Å². The number of imidazole rings is 1. The second kappa shape index (κ2) is 5.04. The first-order valence-corrected chi connectivity index (χ1v) is 7.03. The van der Waals surface area contributed by atoms with Gasteiger partial charge in [0.25, 0.3) is 0 Å². The molecule has 0 bridgehead atoms. The van der Waals surface area contributed by atoms with Crippen molar-refractivity contribution in [1.29, 1.82) is 0 Å². The van der Waals surface area contributed by atoms with Gasteiger partial charge in [0.05, 0.1) is 23.9 Å². The summed E-state index contributed by atoms with van der Waals surface area (Å²) in [6.07, 6.45) is 1.93. The Morgan fingerprint density at radius 3 is 2.62 bits per heavy atom. The SMILES string of the molecule is COc1ccc2nc(C(C)Cl)n(-c3cn(C)nc3C)c2n1. The lowest BCUT2D eigenvalue weighted by Gasteiger charge is -2.08. The third kappa shape index (κ3) is 2.25. The number of aryl methyl sites for hydroxylation is 2. The normalized spacial score (nSPS) is 12.8. The summed E-state index contributed by atoms with van der Waals surface area (Å²) in [5, 5.41) is 4.14. The Labute approximate surface area is 127 Å². The lowest BCUT2D eigenvalue weighted by Crippen LogP contribution is -2.03. The Kier molecular flexibility index (Phi) is 3.33. The smallest absolute Gasteiger partial charge is 0.215 e. The highest BCUT2D eigenvalue weighted by atomic mass is 35.5. The number of halogens is 1. The summed E-state index contributed by atoms with van der Waals surface area (Å²) in [7, 11) is 3.47. The van der Waals surface area contributed by atoms with E-state index in [9.17, 15) is 0 Å². The van der Waals surface area contributed by atoms with Gasteiger partial charge in [-0.25, -0.2) is 4.98 Å². The quantitative estimate of drug-likeness (QED) is 0.698. The van der Waals surface area contributed by atoms with E-state index in [0.717, 1.165) is 22.7 Å². The lowest BCUT2D eigenvalue weighted by atomic mass is 10.3. The van der Waals surface area contributed by atoms with Gasteiger partial charge in [-0.3, -0.25) is 9.25 Å². The summed E-state index contributed by atoms with van der Waals surface area (Å²) in [6, 6.07) is 3.67. The molecule has 0 fully saturated rings. The van der Waals surface area contributed by atoms with Crippen LogP contribution in [0.5, 0.6) is 5.88 Å². The molecule has 3 aromatic rings. The van der Waals surface area contributed by atoms with E-state index in [1.807, 2.05) is 37.7 Å². The van der Waals surface area contributed by atoms with E-state index in [4.69, 9.17) is 16.3 Å². The van der Waals surface area contributed by atoms with Crippen LogP contribution in [-0.4, -0.2) is 31.4 Å². The Balaban J connectivity index is 2.36. The van der Waals surface area contributed by atoms with Crippen molar-refractivity contribution < 1.29 is 4.74 Å². The molecule has 3 aromatic heterocycles. The molecular formula is C14H16ClN5O. The average molecular weight is 306 g/mol. The molecule has 21 heavy (non-hydrogen) atoms. The molecule has 1 unspecified atom stereocenters. The zero-order valence-electron chi connectivity index (χ0n) is 12.3. The third-order valence-corrected chi connectivity index (χ3v) is 3.49. The van der Waals surface area contributed by atoms with Crippen molar-refractivity contribution in [2.24, 2.45) is 7.05 Å². The lowest BCUT2D eigenvalue weighted by molar-refractivity contribution is 0.399. The molecule has 0 aliphatic carbocycles. The van der Waals surface area contributed by atoms with Crippen LogP contribution in [-0.2, 0) is 7.05 Å². The fraction of sp³-hybridized carbons (Fsp3) is 0.357. The average Bonchev–Trinajstić information content (AvgIpc) is 2.97. The Morgan fingerprint density at radius 1 is 1.29 bits per heavy atom. The Bertz CT molecular complexity index is 805. The molecular weight excluding hydrogens is 290 g/mol. The maximum Gasteiger partial charge on any atom is 0.215 e. The molecule has 1 atom stereocenters. The number of nitrogens with zero attached hydrogens (tertiary/aromatic N) is 5. The number of hydrogen-bond acceptors (Lipinski definition) is 4. The number of methoxy groups -OCH3 is 1. The van der Waals surface area contributed by atoms with Crippen LogP contribution in [0.4, 0.5) is 0 Å². The number of rotatable bonds is 3. The second-order valence-corrected chi connectivity index (χ2v) is 5.55. The molecule has 6 nitrogen and oxygen atoms in total. The maximum absolute atomic E-state index is 6.29. The molecule has 0 saturated carbocycles. The van der Waals surface area contributed by atoms with Crippen molar-refractivity contribution in [2.75, 3.05) is 7.11 Å². The van der Waals surface area contributed by atoms with Crippen molar-refractivity contribution in [1.82, 2.24) is 24.3 Å². The van der Waals surface area contributed by atoms with Crippen molar-refractivity contribution >= 4 is 22.8 Å². The van der Waals surface area contributed by atoms with Gasteiger partial charge in [0.1, 0.15) is 11.3 Å². The van der Waals surface area contributed by atoms with Gasteiger partial charge in [-0.15, -0.1) is 11.6 Å². The standard InChI is InChI=1S/C14H16ClN5O/c1-8(15)13-16-10-5-6-12(21-4)17-14(10)20(13)11-7-19(3)18-9(11)2/h5-8H,1-4H3. The predicted molar refractivity (Wildman–Crippen MR) is 81.2 cm³/mol. The minimum absolute atomic E-state index is 0.246. The molecule has 0 spiro atoms. The predicted octanol–water partition coefficient (Wildman–Crippen LogP) is 2.77. The van der Waals surface area contributed by atoms with Crippen LogP contribution < -0.4 is 4.74 Å². The molecule has 7 heteroatoms. The minimum atomic E-state index is -0.246. The monoisotopic (exact) mass is 305 g/mol. The molecule has 0 saturated heterocycles. The van der Waals surface area contributed by atoms with Gasteiger partial charge in [0.15, 0.2) is 5.65 Å². The van der Waals surface area contributed by atoms with Crippen LogP contribution in [0.1, 0.15) is 23.8 Å². The largest absolute Gasteiger partial charge is 0.481 e. The number of fused-ring (bicyclic) bond motifs is 1. The first-order valence-electron chi connectivity index (χ1n) is 6.59. The zero-order chi connectivity index (χ0) is 15.1. The van der Waals surface area contributed by atoms with Crippen LogP contribution in [0.3, 0.4) is 0 Å². The highest BCUT2D eigenvalue weighted by molar-refractivity contribution is 6.20. The minimum Gasteiger partial charge on any atom is -0.481 e. The molecule has 0 aromatic carbocycles. The van der Waals surface area contributed by atoms with Crippen molar-refractivity contribution in [3.05, 3.63) is 29.8 Å². The van der Waals surface area contributed by atoms with Crippen LogP contribution in [0.15, 0.2) is 18.3 Å². The molecule has 0 N–H and O–H groups in total. The van der Waals surface area contributed by atoms with Crippen LogP contribution in [0.2, 0.25) is 0 Å². The van der Waals surface area contributed by atoms with Gasteiger partial charge < -0.3 is 4.74 Å². The number of hydrogen-bond donors (Lipinski definition) is 0. The third-order valence-electron chi connectivity index (χ3n) is 3.30. The Morgan fingerprint density at radius 2 is 2.05 bits per heavy atom. The van der Waals surface area contributed by atoms with Gasteiger partial charge in [0.2, 0.25) is 5.88 Å². The van der Waals surface area contributed by atoms with E-state index in [-0.39, 0.29) is 5.38 Å². The Hall–Kier alpha value is -2.08. The summed E-state index contributed by atoms with van der Waals surface area (Å²) in [6.45, 7) is 3.84. The number of pyridine rings is 1. The van der Waals surface area contributed by atoms with E-state index in [1.54, 1.807) is 17.9 Å². The zero-order valence-corrected chi connectivity index (χ0v) is 13.1. The fourth-order valence-corrected chi connectivity index (χ4v) is 2.53. The van der Waals surface area contributed by atoms with Crippen molar-refractivity contribution in [3.8, 4) is 11.6 Å². The summed E-state index contributed by atoms with van der Waals surface area (Å²) >= 11 is 6.29. The highest BCUT2D eigenvalue weighted by Gasteiger charge is 2.20. The van der Waals surface area contributed by atoms with Gasteiger partial charge >= 0.3 is 0 Å². The molecule has 0 aliphatic rings. The van der Waals surface area contributed by atoms with Gasteiger partial charge in [-0.05, 0) is 19.9 Å². The first-order chi connectivity index (χ1) is 10.0. The summed E-state index contributed by atoms with van der Waals surface area (Å²) < 4.78 is 8.92. The fourth-order valence-electron chi connectivity index (χ4n) is 2.38. The second-order valence-electron chi connectivity index (χ2n) is 4.89. The molecule has 0 amide bonds. The van der Waals surface area contributed by atoms with E-state index >= 15 is 0 Å². The van der Waals surface area contributed by atoms with Crippen LogP contribution in [0.25, 0.3) is 16.9 Å².